The Morgan fingerprint density at radius 3 is 2.55 bits per heavy atom. The molecule has 0 saturated carbocycles. The van der Waals surface area contributed by atoms with Crippen molar-refractivity contribution in [3.8, 4) is 0 Å². The summed E-state index contributed by atoms with van der Waals surface area (Å²) in [5.74, 6) is 0.893. The molecule has 0 saturated heterocycles. The molecule has 5 heteroatoms. The van der Waals surface area contributed by atoms with Gasteiger partial charge in [-0.2, -0.15) is 5.10 Å². The summed E-state index contributed by atoms with van der Waals surface area (Å²) in [5, 5.41) is 7.66. The highest BCUT2D eigenvalue weighted by atomic mass is 15.3. The summed E-state index contributed by atoms with van der Waals surface area (Å²) in [6, 6.07) is 8.59. The zero-order valence-electron chi connectivity index (χ0n) is 13.9. The number of rotatable bonds is 5. The normalized spacial score (nSPS) is 11.5. The lowest BCUT2D eigenvalue weighted by molar-refractivity contribution is 0.470. The first-order valence-corrected chi connectivity index (χ1v) is 7.55. The van der Waals surface area contributed by atoms with Crippen LogP contribution >= 0.6 is 0 Å². The molecule has 0 spiro atoms. The highest BCUT2D eigenvalue weighted by Gasteiger charge is 2.06. The number of aromatic nitrogens is 2. The van der Waals surface area contributed by atoms with Crippen LogP contribution in [0.1, 0.15) is 16.7 Å². The molecule has 2 aromatic rings. The van der Waals surface area contributed by atoms with Crippen LogP contribution in [0, 0.1) is 13.8 Å². The summed E-state index contributed by atoms with van der Waals surface area (Å²) in [4.78, 5) is 6.46. The molecule has 22 heavy (non-hydrogen) atoms. The van der Waals surface area contributed by atoms with Crippen LogP contribution < -0.4 is 5.32 Å². The molecule has 0 aliphatic heterocycles. The summed E-state index contributed by atoms with van der Waals surface area (Å²) >= 11 is 0. The van der Waals surface area contributed by atoms with E-state index >= 15 is 0 Å². The number of hydrogen-bond donors (Lipinski definition) is 1. The number of nitrogens with one attached hydrogen (secondary N) is 1. The standard InChI is InChI=1S/C17H25N5/c1-14-5-7-16(8-6-14)13-21(4)17(18-3)19-9-10-22-12-15(2)11-20-22/h5-8,11-12H,9-10,13H2,1-4H3,(H,18,19). The average molecular weight is 299 g/mol. The van der Waals surface area contributed by atoms with Gasteiger partial charge in [-0.25, -0.2) is 0 Å². The first-order valence-electron chi connectivity index (χ1n) is 7.55. The Kier molecular flexibility index (Phi) is 5.58. The minimum Gasteiger partial charge on any atom is -0.354 e. The van der Waals surface area contributed by atoms with Gasteiger partial charge in [0.15, 0.2) is 5.96 Å². The Morgan fingerprint density at radius 2 is 1.95 bits per heavy atom. The summed E-state index contributed by atoms with van der Waals surface area (Å²) in [6.45, 7) is 6.61. The molecule has 1 heterocycles. The van der Waals surface area contributed by atoms with Gasteiger partial charge in [-0.1, -0.05) is 29.8 Å². The van der Waals surface area contributed by atoms with Crippen molar-refractivity contribution >= 4 is 5.96 Å². The Bertz CT molecular complexity index is 612. The van der Waals surface area contributed by atoms with E-state index in [9.17, 15) is 0 Å². The van der Waals surface area contributed by atoms with Crippen molar-refractivity contribution in [2.24, 2.45) is 4.99 Å². The predicted octanol–water partition coefficient (Wildman–Crippen LogP) is 2.21. The van der Waals surface area contributed by atoms with Gasteiger partial charge in [0, 0.05) is 33.4 Å². The lowest BCUT2D eigenvalue weighted by Crippen LogP contribution is -2.39. The molecular weight excluding hydrogens is 274 g/mol. The lowest BCUT2D eigenvalue weighted by atomic mass is 10.1. The molecule has 0 aliphatic carbocycles. The maximum atomic E-state index is 4.34. The van der Waals surface area contributed by atoms with E-state index in [0.717, 1.165) is 25.6 Å². The van der Waals surface area contributed by atoms with Crippen molar-refractivity contribution in [3.63, 3.8) is 0 Å². The molecule has 0 unspecified atom stereocenters. The largest absolute Gasteiger partial charge is 0.354 e. The third-order valence-electron chi connectivity index (χ3n) is 3.50. The number of benzene rings is 1. The highest BCUT2D eigenvalue weighted by Crippen LogP contribution is 2.06. The van der Waals surface area contributed by atoms with Gasteiger partial charge < -0.3 is 10.2 Å². The smallest absolute Gasteiger partial charge is 0.193 e. The van der Waals surface area contributed by atoms with Crippen molar-refractivity contribution in [1.82, 2.24) is 20.0 Å². The maximum absolute atomic E-state index is 4.34. The van der Waals surface area contributed by atoms with Crippen molar-refractivity contribution in [2.75, 3.05) is 20.6 Å². The van der Waals surface area contributed by atoms with Gasteiger partial charge in [-0.05, 0) is 25.0 Å². The summed E-state index contributed by atoms with van der Waals surface area (Å²) in [6.07, 6.45) is 3.92. The molecule has 1 aromatic carbocycles. The molecular formula is C17H25N5. The minimum absolute atomic E-state index is 0.798. The van der Waals surface area contributed by atoms with Crippen LogP contribution in [0.5, 0.6) is 0 Å². The quantitative estimate of drug-likeness (QED) is 0.680. The van der Waals surface area contributed by atoms with Crippen molar-refractivity contribution in [1.29, 1.82) is 0 Å². The Morgan fingerprint density at radius 1 is 1.23 bits per heavy atom. The highest BCUT2D eigenvalue weighted by molar-refractivity contribution is 5.79. The average Bonchev–Trinajstić information content (AvgIpc) is 2.91. The zero-order chi connectivity index (χ0) is 15.9. The van der Waals surface area contributed by atoms with Crippen LogP contribution in [-0.4, -0.2) is 41.3 Å². The third-order valence-corrected chi connectivity index (χ3v) is 3.50. The summed E-state index contributed by atoms with van der Waals surface area (Å²) in [5.41, 5.74) is 3.74. The summed E-state index contributed by atoms with van der Waals surface area (Å²) < 4.78 is 1.94. The van der Waals surface area contributed by atoms with Gasteiger partial charge in [0.2, 0.25) is 0 Å². The van der Waals surface area contributed by atoms with E-state index in [-0.39, 0.29) is 0 Å². The zero-order valence-corrected chi connectivity index (χ0v) is 13.9. The number of guanidine groups is 1. The molecule has 0 radical (unpaired) electrons. The number of aliphatic imine (C=N–C) groups is 1. The van der Waals surface area contributed by atoms with Gasteiger partial charge in [-0.3, -0.25) is 9.67 Å². The van der Waals surface area contributed by atoms with E-state index in [0.29, 0.717) is 0 Å². The Hall–Kier alpha value is -2.30. The fourth-order valence-electron chi connectivity index (χ4n) is 2.30. The fourth-order valence-corrected chi connectivity index (χ4v) is 2.30. The minimum atomic E-state index is 0.798. The van der Waals surface area contributed by atoms with Gasteiger partial charge in [0.1, 0.15) is 0 Å². The van der Waals surface area contributed by atoms with Crippen molar-refractivity contribution in [3.05, 3.63) is 53.3 Å². The Balaban J connectivity index is 1.83. The molecule has 5 nitrogen and oxygen atoms in total. The topological polar surface area (TPSA) is 45.5 Å². The first-order chi connectivity index (χ1) is 10.6. The number of nitrogens with zero attached hydrogens (tertiary/aromatic N) is 4. The van der Waals surface area contributed by atoms with Crippen molar-refractivity contribution in [2.45, 2.75) is 26.9 Å². The molecule has 0 amide bonds. The first kappa shape index (κ1) is 16.1. The van der Waals surface area contributed by atoms with E-state index in [1.165, 1.54) is 16.7 Å². The molecule has 1 N–H and O–H groups in total. The van der Waals surface area contributed by atoms with E-state index in [1.807, 2.05) is 38.1 Å². The molecule has 0 bridgehead atoms. The second-order valence-electron chi connectivity index (χ2n) is 5.60. The van der Waals surface area contributed by atoms with Crippen LogP contribution in [0.25, 0.3) is 0 Å². The Labute approximate surface area is 132 Å². The SMILES string of the molecule is CN=C(NCCn1cc(C)cn1)N(C)Cc1ccc(C)cc1. The second-order valence-corrected chi connectivity index (χ2v) is 5.60. The number of hydrogen-bond acceptors (Lipinski definition) is 2. The van der Waals surface area contributed by atoms with Crippen LogP contribution in [0.2, 0.25) is 0 Å². The van der Waals surface area contributed by atoms with E-state index in [1.54, 1.807) is 0 Å². The lowest BCUT2D eigenvalue weighted by Gasteiger charge is -2.22. The van der Waals surface area contributed by atoms with Gasteiger partial charge >= 0.3 is 0 Å². The monoisotopic (exact) mass is 299 g/mol. The maximum Gasteiger partial charge on any atom is 0.193 e. The number of aryl methyl sites for hydroxylation is 2. The fraction of sp³-hybridized carbons (Fsp3) is 0.412. The van der Waals surface area contributed by atoms with Crippen LogP contribution in [0.4, 0.5) is 0 Å². The second kappa shape index (κ2) is 7.64. The summed E-state index contributed by atoms with van der Waals surface area (Å²) in [7, 11) is 3.86. The van der Waals surface area contributed by atoms with E-state index < -0.39 is 0 Å². The van der Waals surface area contributed by atoms with Gasteiger partial charge in [0.05, 0.1) is 12.7 Å². The van der Waals surface area contributed by atoms with Crippen LogP contribution in [-0.2, 0) is 13.1 Å². The third kappa shape index (κ3) is 4.62. The molecule has 0 atom stereocenters. The predicted molar refractivity (Wildman–Crippen MR) is 91.0 cm³/mol. The molecule has 0 fully saturated rings. The van der Waals surface area contributed by atoms with E-state index in [4.69, 9.17) is 0 Å². The van der Waals surface area contributed by atoms with E-state index in [2.05, 4.69) is 51.5 Å². The van der Waals surface area contributed by atoms with Crippen molar-refractivity contribution < 1.29 is 0 Å². The van der Waals surface area contributed by atoms with Gasteiger partial charge in [-0.15, -0.1) is 0 Å². The molecule has 2 rings (SSSR count). The van der Waals surface area contributed by atoms with Crippen LogP contribution in [0.15, 0.2) is 41.7 Å². The molecule has 118 valence electrons. The molecule has 0 aliphatic rings. The van der Waals surface area contributed by atoms with Crippen LogP contribution in [0.3, 0.4) is 0 Å². The molecule has 1 aromatic heterocycles. The van der Waals surface area contributed by atoms with Gasteiger partial charge in [0.25, 0.3) is 0 Å².